The smallest absolute Gasteiger partial charge is 0.0593 e. The van der Waals surface area contributed by atoms with Crippen molar-refractivity contribution in [3.8, 4) is 0 Å². The van der Waals surface area contributed by atoms with Crippen LogP contribution >= 0.6 is 11.6 Å². The van der Waals surface area contributed by atoms with Gasteiger partial charge >= 0.3 is 0 Å². The Kier molecular flexibility index (Phi) is 2.08. The molecule has 1 aromatic carbocycles. The van der Waals surface area contributed by atoms with Crippen LogP contribution in [-0.2, 0) is 0 Å². The minimum atomic E-state index is 0.436. The summed E-state index contributed by atoms with van der Waals surface area (Å²) in [6.45, 7) is 4.32. The Morgan fingerprint density at radius 1 is 1.08 bits per heavy atom. The van der Waals surface area contributed by atoms with Gasteiger partial charge in [0.15, 0.2) is 0 Å². The first-order chi connectivity index (χ1) is 6.16. The first kappa shape index (κ1) is 8.70. The number of benzene rings is 1. The van der Waals surface area contributed by atoms with Gasteiger partial charge in [0, 0.05) is 17.1 Å². The molecule has 0 saturated heterocycles. The third kappa shape index (κ3) is 1.59. The first-order valence-corrected chi connectivity index (χ1v) is 4.87. The molecule has 1 aliphatic rings. The minimum absolute atomic E-state index is 0.436. The molecule has 0 amide bonds. The largest absolute Gasteiger partial charge is 0.379 e. The van der Waals surface area contributed by atoms with E-state index in [0.29, 0.717) is 12.1 Å². The first-order valence-electron chi connectivity index (χ1n) is 4.49. The van der Waals surface area contributed by atoms with Gasteiger partial charge in [0.2, 0.25) is 0 Å². The second-order valence-electron chi connectivity index (χ2n) is 3.56. The standard InChI is InChI=1S/C10H13ClN2/c1-6-7(2)13-10-5-8(11)3-4-9(10)12-6/h3-7,12-13H,1-2H3/t6-,7-/m0/s1. The molecule has 0 radical (unpaired) electrons. The zero-order valence-electron chi connectivity index (χ0n) is 7.76. The molecule has 0 fully saturated rings. The molecule has 13 heavy (non-hydrogen) atoms. The van der Waals surface area contributed by atoms with Gasteiger partial charge in [-0.3, -0.25) is 0 Å². The third-order valence-electron chi connectivity index (χ3n) is 2.50. The lowest BCUT2D eigenvalue weighted by molar-refractivity contribution is 0.663. The fourth-order valence-electron chi connectivity index (χ4n) is 1.50. The summed E-state index contributed by atoms with van der Waals surface area (Å²) in [6.07, 6.45) is 0. The fourth-order valence-corrected chi connectivity index (χ4v) is 1.67. The van der Waals surface area contributed by atoms with Crippen molar-refractivity contribution in [2.24, 2.45) is 0 Å². The summed E-state index contributed by atoms with van der Waals surface area (Å²) in [5.41, 5.74) is 2.23. The lowest BCUT2D eigenvalue weighted by atomic mass is 10.1. The highest BCUT2D eigenvalue weighted by atomic mass is 35.5. The molecule has 0 saturated carbocycles. The van der Waals surface area contributed by atoms with Gasteiger partial charge in [0.05, 0.1) is 11.4 Å². The van der Waals surface area contributed by atoms with E-state index in [9.17, 15) is 0 Å². The molecule has 2 N–H and O–H groups in total. The van der Waals surface area contributed by atoms with E-state index in [1.54, 1.807) is 0 Å². The van der Waals surface area contributed by atoms with E-state index in [1.165, 1.54) is 0 Å². The van der Waals surface area contributed by atoms with Gasteiger partial charge in [-0.15, -0.1) is 0 Å². The maximum Gasteiger partial charge on any atom is 0.0593 e. The normalized spacial score (nSPS) is 25.8. The number of anilines is 2. The molecule has 0 unspecified atom stereocenters. The van der Waals surface area contributed by atoms with Crippen LogP contribution in [0.3, 0.4) is 0 Å². The number of hydrogen-bond donors (Lipinski definition) is 2. The molecule has 3 heteroatoms. The predicted molar refractivity (Wildman–Crippen MR) is 57.6 cm³/mol. The van der Waals surface area contributed by atoms with Gasteiger partial charge in [0.1, 0.15) is 0 Å². The Hall–Kier alpha value is -0.890. The van der Waals surface area contributed by atoms with Crippen molar-refractivity contribution in [3.05, 3.63) is 23.2 Å². The average Bonchev–Trinajstić information content (AvgIpc) is 2.08. The molecule has 0 aliphatic carbocycles. The molecule has 0 spiro atoms. The summed E-state index contributed by atoms with van der Waals surface area (Å²) in [5, 5.41) is 7.59. The molecular weight excluding hydrogens is 184 g/mol. The fraction of sp³-hybridized carbons (Fsp3) is 0.400. The van der Waals surface area contributed by atoms with Crippen molar-refractivity contribution in [2.45, 2.75) is 25.9 Å². The van der Waals surface area contributed by atoms with Gasteiger partial charge in [-0.05, 0) is 32.0 Å². The quantitative estimate of drug-likeness (QED) is 0.667. The summed E-state index contributed by atoms with van der Waals surface area (Å²) >= 11 is 5.89. The number of hydrogen-bond acceptors (Lipinski definition) is 2. The summed E-state index contributed by atoms with van der Waals surface area (Å²) in [7, 11) is 0. The van der Waals surface area contributed by atoms with E-state index in [0.717, 1.165) is 16.4 Å². The number of rotatable bonds is 0. The Balaban J connectivity index is 2.37. The van der Waals surface area contributed by atoms with Crippen LogP contribution in [0.15, 0.2) is 18.2 Å². The molecule has 1 aromatic rings. The highest BCUT2D eigenvalue weighted by Crippen LogP contribution is 2.30. The lowest BCUT2D eigenvalue weighted by Crippen LogP contribution is -2.38. The van der Waals surface area contributed by atoms with Gasteiger partial charge in [0.25, 0.3) is 0 Å². The van der Waals surface area contributed by atoms with Crippen molar-refractivity contribution >= 4 is 23.0 Å². The van der Waals surface area contributed by atoms with E-state index in [4.69, 9.17) is 11.6 Å². The highest BCUT2D eigenvalue weighted by molar-refractivity contribution is 6.31. The summed E-state index contributed by atoms with van der Waals surface area (Å²) in [5.74, 6) is 0. The van der Waals surface area contributed by atoms with Crippen LogP contribution in [0.5, 0.6) is 0 Å². The third-order valence-corrected chi connectivity index (χ3v) is 2.73. The van der Waals surface area contributed by atoms with Gasteiger partial charge in [-0.25, -0.2) is 0 Å². The van der Waals surface area contributed by atoms with Crippen LogP contribution < -0.4 is 10.6 Å². The minimum Gasteiger partial charge on any atom is -0.379 e. The molecule has 70 valence electrons. The second-order valence-corrected chi connectivity index (χ2v) is 3.99. The molecule has 0 bridgehead atoms. The predicted octanol–water partition coefficient (Wildman–Crippen LogP) is 2.95. The van der Waals surface area contributed by atoms with E-state index in [-0.39, 0.29) is 0 Å². The van der Waals surface area contributed by atoms with Crippen molar-refractivity contribution in [1.29, 1.82) is 0 Å². The van der Waals surface area contributed by atoms with E-state index in [1.807, 2.05) is 18.2 Å². The van der Waals surface area contributed by atoms with Crippen molar-refractivity contribution in [3.63, 3.8) is 0 Å². The maximum absolute atomic E-state index is 5.89. The van der Waals surface area contributed by atoms with Crippen LogP contribution in [0.4, 0.5) is 11.4 Å². The van der Waals surface area contributed by atoms with Crippen LogP contribution in [0.25, 0.3) is 0 Å². The van der Waals surface area contributed by atoms with E-state index >= 15 is 0 Å². The molecular formula is C10H13ClN2. The maximum atomic E-state index is 5.89. The SMILES string of the molecule is C[C@@H]1Nc2ccc(Cl)cc2N[C@H]1C. The van der Waals surface area contributed by atoms with Gasteiger partial charge in [-0.2, -0.15) is 0 Å². The van der Waals surface area contributed by atoms with Crippen molar-refractivity contribution in [1.82, 2.24) is 0 Å². The Labute approximate surface area is 83.3 Å². The van der Waals surface area contributed by atoms with Crippen LogP contribution in [0, 0.1) is 0 Å². The van der Waals surface area contributed by atoms with E-state index in [2.05, 4.69) is 24.5 Å². The van der Waals surface area contributed by atoms with Crippen LogP contribution in [0.1, 0.15) is 13.8 Å². The van der Waals surface area contributed by atoms with Gasteiger partial charge in [-0.1, -0.05) is 11.6 Å². The van der Waals surface area contributed by atoms with Gasteiger partial charge < -0.3 is 10.6 Å². The number of nitrogens with one attached hydrogen (secondary N) is 2. The molecule has 2 rings (SSSR count). The van der Waals surface area contributed by atoms with Crippen molar-refractivity contribution < 1.29 is 0 Å². The van der Waals surface area contributed by atoms with E-state index < -0.39 is 0 Å². The molecule has 1 heterocycles. The van der Waals surface area contributed by atoms with Crippen LogP contribution in [-0.4, -0.2) is 12.1 Å². The molecule has 2 nitrogen and oxygen atoms in total. The zero-order valence-corrected chi connectivity index (χ0v) is 8.52. The molecule has 1 aliphatic heterocycles. The monoisotopic (exact) mass is 196 g/mol. The number of halogens is 1. The highest BCUT2D eigenvalue weighted by Gasteiger charge is 2.19. The topological polar surface area (TPSA) is 24.1 Å². The molecule has 2 atom stereocenters. The Morgan fingerprint density at radius 3 is 2.38 bits per heavy atom. The Morgan fingerprint density at radius 2 is 1.69 bits per heavy atom. The zero-order chi connectivity index (χ0) is 9.42. The van der Waals surface area contributed by atoms with Crippen molar-refractivity contribution in [2.75, 3.05) is 10.6 Å². The summed E-state index contributed by atoms with van der Waals surface area (Å²) < 4.78 is 0. The average molecular weight is 197 g/mol. The van der Waals surface area contributed by atoms with Crippen LogP contribution in [0.2, 0.25) is 5.02 Å². The summed E-state index contributed by atoms with van der Waals surface area (Å²) in [6, 6.07) is 6.75. The second kappa shape index (κ2) is 3.11. The summed E-state index contributed by atoms with van der Waals surface area (Å²) in [4.78, 5) is 0. The molecule has 0 aromatic heterocycles. The lowest BCUT2D eigenvalue weighted by Gasteiger charge is -2.31. The Bertz CT molecular complexity index is 325. The number of fused-ring (bicyclic) bond motifs is 1.